The van der Waals surface area contributed by atoms with Crippen molar-refractivity contribution in [3.8, 4) is 45.5 Å². The third-order valence-corrected chi connectivity index (χ3v) is 29.1. The number of aromatic nitrogens is 8. The molecule has 0 bridgehead atoms. The van der Waals surface area contributed by atoms with Crippen molar-refractivity contribution < 1.29 is 0 Å². The summed E-state index contributed by atoms with van der Waals surface area (Å²) >= 11 is 0. The van der Waals surface area contributed by atoms with Crippen LogP contribution in [-0.4, -0.2) is 36.5 Å². The molecule has 21 aromatic carbocycles. The number of hydrogen-bond acceptors (Lipinski definition) is 0. The van der Waals surface area contributed by atoms with E-state index in [1.165, 1.54) is 275 Å². The molecule has 0 N–H and O–H groups in total. The highest BCUT2D eigenvalue weighted by atomic mass is 15.1. The maximum atomic E-state index is 2.45. The maximum Gasteiger partial charge on any atom is 0.0702 e. The lowest BCUT2D eigenvalue weighted by molar-refractivity contribution is 1.09. The van der Waals surface area contributed by atoms with Gasteiger partial charge in [0.15, 0.2) is 0 Å². The van der Waals surface area contributed by atoms with Crippen LogP contribution in [0.5, 0.6) is 0 Å². The van der Waals surface area contributed by atoms with Crippen LogP contribution < -0.4 is 0 Å². The fraction of sp³-hybridized carbons (Fsp3) is 0.0606. The van der Waals surface area contributed by atoms with E-state index in [4.69, 9.17) is 0 Å². The molecule has 0 aliphatic carbocycles. The zero-order valence-electron chi connectivity index (χ0n) is 79.3. The van der Waals surface area contributed by atoms with Gasteiger partial charge in [0.05, 0.1) is 111 Å². The van der Waals surface area contributed by atoms with Crippen LogP contribution in [0.15, 0.2) is 449 Å². The van der Waals surface area contributed by atoms with Crippen LogP contribution in [0.25, 0.3) is 231 Å². The third kappa shape index (κ3) is 13.4. The molecule has 8 nitrogen and oxygen atoms in total. The predicted octanol–water partition coefficient (Wildman–Crippen LogP) is 35.1. The second kappa shape index (κ2) is 33.1. The SMILES string of the molecule is Cc1ccc2c(c1)c1ccccc1n2-c1ccc(-n2c3ccccc3c3cc(C)ccc32)cc1.Cc1ccc2c(c1)c1ccccc1n2-c1cccc2cccc(-n3c4ccccc4c4cc(C)ccc43)c12.Cc1ccc2c(c1)c1ccccc1n2-c1ccccc1-n1c2ccccc2c2cc(C)ccc21.Cc1ccc2c3ccc(C)cc3n(-c3ccc(-n4c5ccccc5c5ccccc54)cc3)c2c1. The molecule has 29 rings (SSSR count). The molecule has 8 aromatic heterocycles. The lowest BCUT2D eigenvalue weighted by atomic mass is 10.1. The quantitative estimate of drug-likeness (QED) is 0.145. The van der Waals surface area contributed by atoms with Gasteiger partial charge in [-0.15, -0.1) is 0 Å². The van der Waals surface area contributed by atoms with E-state index in [2.05, 4.69) is 541 Å². The summed E-state index contributed by atoms with van der Waals surface area (Å²) in [4.78, 5) is 0. The van der Waals surface area contributed by atoms with Crippen LogP contribution in [0, 0.1) is 55.4 Å². The summed E-state index contributed by atoms with van der Waals surface area (Å²) in [6.07, 6.45) is 0. The summed E-state index contributed by atoms with van der Waals surface area (Å²) in [6, 6.07) is 164. The third-order valence-electron chi connectivity index (χ3n) is 29.1. The molecule has 8 heteroatoms. The van der Waals surface area contributed by atoms with Gasteiger partial charge in [0.25, 0.3) is 0 Å². The first-order valence-corrected chi connectivity index (χ1v) is 48.6. The molecule has 8 heterocycles. The summed E-state index contributed by atoms with van der Waals surface area (Å²) in [6.45, 7) is 17.3. The second-order valence-corrected chi connectivity index (χ2v) is 38.2. The highest BCUT2D eigenvalue weighted by molar-refractivity contribution is 6.18. The van der Waals surface area contributed by atoms with Gasteiger partial charge in [0.1, 0.15) is 0 Å². The molecular formula is C132H98N8. The molecule has 0 spiro atoms. The van der Waals surface area contributed by atoms with Crippen molar-refractivity contribution in [2.45, 2.75) is 55.4 Å². The predicted molar refractivity (Wildman–Crippen MR) is 596 cm³/mol. The van der Waals surface area contributed by atoms with Crippen molar-refractivity contribution in [2.75, 3.05) is 0 Å². The Morgan fingerprint density at radius 1 is 0.114 bits per heavy atom. The summed E-state index contributed by atoms with van der Waals surface area (Å²) in [7, 11) is 0. The van der Waals surface area contributed by atoms with E-state index in [1.807, 2.05) is 0 Å². The minimum atomic E-state index is 1.18. The number of aryl methyl sites for hydroxylation is 8. The van der Waals surface area contributed by atoms with E-state index < -0.39 is 0 Å². The first-order valence-electron chi connectivity index (χ1n) is 48.6. The Balaban J connectivity index is 0.0000000961. The normalized spacial score (nSPS) is 11.9. The Morgan fingerprint density at radius 2 is 0.286 bits per heavy atom. The van der Waals surface area contributed by atoms with Gasteiger partial charge in [-0.25, -0.2) is 0 Å². The fourth-order valence-corrected chi connectivity index (χ4v) is 22.9. The minimum absolute atomic E-state index is 1.18. The standard InChI is InChI=1S/C36H26N2.3C32H24N2/c1-23-17-19-32-28(21-23)26-11-3-5-13-30(26)37(32)34-15-7-9-25-10-8-16-35(36(25)34)38-31-14-6-4-12-27(31)29-22-24(2)18-20-33(29)38;1-21-15-17-29-25(19-21)23-9-3-5-11-27(23)33(29)31-13-7-8-14-32(31)34-28-12-6-4-10-24(28)26-20-22(2)16-18-30(26)34;1-21-11-17-31-27(19-21)25-7-3-5-9-29(25)33(31)23-13-15-24(16-14-23)34-30-10-6-4-8-26(30)28-20-22(2)12-18-32(28)34;1-21-11-17-27-28-18-12-22(2)20-32(28)34(31(27)19-21)24-15-13-23(14-16-24)33-29-9-5-3-7-25(29)26-8-4-6-10-30(26)33/h3-22H,1-2H3;3*3-20H,1-2H3. The van der Waals surface area contributed by atoms with E-state index in [9.17, 15) is 0 Å². The molecule has 29 aromatic rings. The lowest BCUT2D eigenvalue weighted by Gasteiger charge is -2.17. The average Bonchev–Trinajstić information content (AvgIpc) is 1.54. The average molecular weight is 1800 g/mol. The molecule has 0 fully saturated rings. The van der Waals surface area contributed by atoms with E-state index in [1.54, 1.807) is 0 Å². The molecule has 666 valence electrons. The Morgan fingerprint density at radius 3 is 0.543 bits per heavy atom. The van der Waals surface area contributed by atoms with Crippen molar-refractivity contribution in [1.29, 1.82) is 0 Å². The minimum Gasteiger partial charge on any atom is -0.309 e. The molecule has 0 unspecified atom stereocenters. The number of benzene rings is 21. The Hall–Kier alpha value is -17.7. The topological polar surface area (TPSA) is 39.4 Å². The maximum absolute atomic E-state index is 2.45. The van der Waals surface area contributed by atoms with Crippen LogP contribution in [0.3, 0.4) is 0 Å². The number of hydrogen-bond donors (Lipinski definition) is 0. The summed E-state index contributed by atoms with van der Waals surface area (Å²) < 4.78 is 19.3. The lowest BCUT2D eigenvalue weighted by Crippen LogP contribution is -2.03. The van der Waals surface area contributed by atoms with Gasteiger partial charge in [-0.2, -0.15) is 0 Å². The highest BCUT2D eigenvalue weighted by Crippen LogP contribution is 2.46. The summed E-state index contributed by atoms with van der Waals surface area (Å²) in [5.74, 6) is 0. The highest BCUT2D eigenvalue weighted by Gasteiger charge is 2.25. The zero-order valence-corrected chi connectivity index (χ0v) is 79.3. The Kier molecular flexibility index (Phi) is 19.6. The van der Waals surface area contributed by atoms with Gasteiger partial charge in [-0.1, -0.05) is 276 Å². The van der Waals surface area contributed by atoms with Crippen molar-refractivity contribution in [3.63, 3.8) is 0 Å². The largest absolute Gasteiger partial charge is 0.309 e. The van der Waals surface area contributed by atoms with Gasteiger partial charge in [0, 0.05) is 114 Å². The van der Waals surface area contributed by atoms with E-state index in [-0.39, 0.29) is 0 Å². The van der Waals surface area contributed by atoms with Crippen molar-refractivity contribution >= 4 is 185 Å². The smallest absolute Gasteiger partial charge is 0.0702 e. The number of nitrogens with zero attached hydrogens (tertiary/aromatic N) is 8. The molecule has 0 aliphatic heterocycles. The fourth-order valence-electron chi connectivity index (χ4n) is 22.9. The Labute approximate surface area is 810 Å². The molecule has 0 saturated heterocycles. The Bertz CT molecular complexity index is 9580. The zero-order chi connectivity index (χ0) is 93.8. The molecule has 140 heavy (non-hydrogen) atoms. The first kappa shape index (κ1) is 82.9. The summed E-state index contributed by atoms with van der Waals surface area (Å²) in [5.41, 5.74) is 39.5. The van der Waals surface area contributed by atoms with Gasteiger partial charge < -0.3 is 36.5 Å². The van der Waals surface area contributed by atoms with Crippen LogP contribution >= 0.6 is 0 Å². The van der Waals surface area contributed by atoms with E-state index >= 15 is 0 Å². The second-order valence-electron chi connectivity index (χ2n) is 38.2. The van der Waals surface area contributed by atoms with Crippen LogP contribution in [0.4, 0.5) is 0 Å². The molecule has 0 atom stereocenters. The molecule has 0 saturated carbocycles. The molecular weight excluding hydrogens is 1700 g/mol. The van der Waals surface area contributed by atoms with E-state index in [0.29, 0.717) is 0 Å². The van der Waals surface area contributed by atoms with Crippen molar-refractivity contribution in [2.24, 2.45) is 0 Å². The van der Waals surface area contributed by atoms with Crippen LogP contribution in [0.2, 0.25) is 0 Å². The monoisotopic (exact) mass is 1790 g/mol. The van der Waals surface area contributed by atoms with Gasteiger partial charge in [-0.05, 0) is 278 Å². The van der Waals surface area contributed by atoms with Gasteiger partial charge >= 0.3 is 0 Å². The van der Waals surface area contributed by atoms with Crippen molar-refractivity contribution in [1.82, 2.24) is 36.5 Å². The van der Waals surface area contributed by atoms with Gasteiger partial charge in [-0.3, -0.25) is 0 Å². The molecule has 0 amide bonds. The first-order chi connectivity index (χ1) is 68.8. The van der Waals surface area contributed by atoms with Crippen molar-refractivity contribution in [3.05, 3.63) is 493 Å². The number of para-hydroxylation sites is 10. The van der Waals surface area contributed by atoms with Crippen LogP contribution in [-0.2, 0) is 0 Å². The summed E-state index contributed by atoms with van der Waals surface area (Å²) in [5, 5.41) is 23.2. The number of fused-ring (bicyclic) bond motifs is 25. The van der Waals surface area contributed by atoms with Gasteiger partial charge in [0.2, 0.25) is 0 Å². The molecule has 0 aliphatic rings. The molecule has 0 radical (unpaired) electrons. The van der Waals surface area contributed by atoms with Crippen LogP contribution in [0.1, 0.15) is 44.5 Å². The number of rotatable bonds is 8. The van der Waals surface area contributed by atoms with E-state index in [0.717, 1.165) is 0 Å².